The summed E-state index contributed by atoms with van der Waals surface area (Å²) >= 11 is 6.16. The Balaban J connectivity index is 1.97. The molecule has 1 amide bonds. The first kappa shape index (κ1) is 14.5. The molecule has 0 saturated carbocycles. The lowest BCUT2D eigenvalue weighted by Gasteiger charge is -2.10. The van der Waals surface area contributed by atoms with Gasteiger partial charge in [0.05, 0.1) is 21.8 Å². The number of aromatic nitrogens is 1. The topological polar surface area (TPSA) is 42.0 Å². The molecule has 1 aromatic heterocycles. The molecule has 0 unspecified atom stereocenters. The van der Waals surface area contributed by atoms with Gasteiger partial charge in [0, 0.05) is 11.1 Å². The number of hydrogen-bond acceptors (Lipinski definition) is 2. The Bertz CT molecular complexity index is 874. The summed E-state index contributed by atoms with van der Waals surface area (Å²) in [4.78, 5) is 16.9. The van der Waals surface area contributed by atoms with E-state index in [-0.39, 0.29) is 5.91 Å². The molecule has 110 valence electrons. The number of fused-ring (bicyclic) bond motifs is 1. The number of carbonyl (C=O) groups excluding carboxylic acids is 1. The fourth-order valence-corrected chi connectivity index (χ4v) is 2.68. The fourth-order valence-electron chi connectivity index (χ4n) is 2.36. The Kier molecular flexibility index (Phi) is 3.82. The van der Waals surface area contributed by atoms with Crippen molar-refractivity contribution in [2.24, 2.45) is 0 Å². The van der Waals surface area contributed by atoms with E-state index in [0.717, 1.165) is 27.8 Å². The second-order valence-corrected chi connectivity index (χ2v) is 5.67. The van der Waals surface area contributed by atoms with Gasteiger partial charge >= 0.3 is 0 Å². The lowest BCUT2D eigenvalue weighted by atomic mass is 10.1. The minimum Gasteiger partial charge on any atom is -0.321 e. The maximum atomic E-state index is 12.4. The van der Waals surface area contributed by atoms with Crippen molar-refractivity contribution in [3.63, 3.8) is 0 Å². The molecule has 1 heterocycles. The lowest BCUT2D eigenvalue weighted by molar-refractivity contribution is 0.102. The molecular weight excluding hydrogens is 296 g/mol. The molecule has 22 heavy (non-hydrogen) atoms. The van der Waals surface area contributed by atoms with Crippen LogP contribution in [0.5, 0.6) is 0 Å². The molecule has 0 radical (unpaired) electrons. The van der Waals surface area contributed by atoms with Crippen molar-refractivity contribution < 1.29 is 4.79 Å². The summed E-state index contributed by atoms with van der Waals surface area (Å²) in [5.41, 5.74) is 4.01. The van der Waals surface area contributed by atoms with E-state index in [9.17, 15) is 4.79 Å². The van der Waals surface area contributed by atoms with E-state index < -0.39 is 0 Å². The molecule has 0 spiro atoms. The Labute approximate surface area is 133 Å². The van der Waals surface area contributed by atoms with E-state index in [0.29, 0.717) is 10.6 Å². The highest BCUT2D eigenvalue weighted by Crippen LogP contribution is 2.24. The van der Waals surface area contributed by atoms with Gasteiger partial charge < -0.3 is 5.32 Å². The average Bonchev–Trinajstić information content (AvgIpc) is 2.47. The zero-order valence-corrected chi connectivity index (χ0v) is 13.1. The van der Waals surface area contributed by atoms with Gasteiger partial charge in [0.1, 0.15) is 0 Å². The van der Waals surface area contributed by atoms with Gasteiger partial charge in [0.15, 0.2) is 0 Å². The molecule has 1 N–H and O–H groups in total. The Morgan fingerprint density at radius 2 is 1.91 bits per heavy atom. The molecule has 2 aromatic carbocycles. The van der Waals surface area contributed by atoms with Crippen LogP contribution in [-0.4, -0.2) is 10.9 Å². The first-order valence-corrected chi connectivity index (χ1v) is 7.36. The van der Waals surface area contributed by atoms with Gasteiger partial charge in [-0.05, 0) is 55.8 Å². The van der Waals surface area contributed by atoms with E-state index in [2.05, 4.69) is 10.3 Å². The van der Waals surface area contributed by atoms with Crippen LogP contribution in [0.1, 0.15) is 21.6 Å². The number of rotatable bonds is 2. The SMILES string of the molecule is Cc1ccc(C(=O)Nc2cccc3nc(C)ccc23)c(Cl)c1. The number of halogens is 1. The average molecular weight is 311 g/mol. The first-order valence-electron chi connectivity index (χ1n) is 6.98. The quantitative estimate of drug-likeness (QED) is 0.741. The largest absolute Gasteiger partial charge is 0.321 e. The van der Waals surface area contributed by atoms with Gasteiger partial charge in [-0.25, -0.2) is 0 Å². The van der Waals surface area contributed by atoms with Crippen LogP contribution in [0.4, 0.5) is 5.69 Å². The Hall–Kier alpha value is -2.39. The Morgan fingerprint density at radius 1 is 1.09 bits per heavy atom. The second-order valence-electron chi connectivity index (χ2n) is 5.26. The molecular formula is C18H15ClN2O. The summed E-state index contributed by atoms with van der Waals surface area (Å²) in [6, 6.07) is 14.9. The summed E-state index contributed by atoms with van der Waals surface area (Å²) in [5, 5.41) is 4.28. The molecule has 0 saturated heterocycles. The molecule has 3 nitrogen and oxygen atoms in total. The molecule has 0 aliphatic rings. The number of anilines is 1. The van der Waals surface area contributed by atoms with Gasteiger partial charge in [-0.3, -0.25) is 9.78 Å². The van der Waals surface area contributed by atoms with Crippen molar-refractivity contribution in [1.82, 2.24) is 4.98 Å². The van der Waals surface area contributed by atoms with Crippen LogP contribution < -0.4 is 5.32 Å². The van der Waals surface area contributed by atoms with Crippen molar-refractivity contribution in [2.75, 3.05) is 5.32 Å². The van der Waals surface area contributed by atoms with E-state index >= 15 is 0 Å². The summed E-state index contributed by atoms with van der Waals surface area (Å²) in [7, 11) is 0. The fraction of sp³-hybridized carbons (Fsp3) is 0.111. The molecule has 3 rings (SSSR count). The van der Waals surface area contributed by atoms with Crippen LogP contribution in [0.15, 0.2) is 48.5 Å². The summed E-state index contributed by atoms with van der Waals surface area (Å²) in [5.74, 6) is -0.224. The first-order chi connectivity index (χ1) is 10.5. The normalized spacial score (nSPS) is 10.7. The van der Waals surface area contributed by atoms with Gasteiger partial charge in [-0.1, -0.05) is 23.7 Å². The smallest absolute Gasteiger partial charge is 0.257 e. The molecule has 0 aliphatic carbocycles. The third-order valence-electron chi connectivity index (χ3n) is 3.49. The van der Waals surface area contributed by atoms with Gasteiger partial charge in [0.2, 0.25) is 0 Å². The van der Waals surface area contributed by atoms with Gasteiger partial charge in [0.25, 0.3) is 5.91 Å². The summed E-state index contributed by atoms with van der Waals surface area (Å²) in [6.07, 6.45) is 0. The standard InChI is InChI=1S/C18H15ClN2O/c1-11-6-8-13(15(19)10-11)18(22)21-17-5-3-4-16-14(17)9-7-12(2)20-16/h3-10H,1-2H3,(H,21,22). The molecule has 0 fully saturated rings. The monoisotopic (exact) mass is 310 g/mol. The molecule has 0 aliphatic heterocycles. The second kappa shape index (κ2) is 5.78. The molecule has 0 atom stereocenters. The van der Waals surface area contributed by atoms with Crippen LogP contribution in [0.3, 0.4) is 0 Å². The third-order valence-corrected chi connectivity index (χ3v) is 3.80. The maximum Gasteiger partial charge on any atom is 0.257 e. The number of nitrogens with one attached hydrogen (secondary N) is 1. The van der Waals surface area contributed by atoms with E-state index in [4.69, 9.17) is 11.6 Å². The molecule has 3 aromatic rings. The number of amides is 1. The van der Waals surface area contributed by atoms with Crippen molar-refractivity contribution in [1.29, 1.82) is 0 Å². The van der Waals surface area contributed by atoms with Crippen molar-refractivity contribution in [3.05, 3.63) is 70.4 Å². The number of nitrogens with zero attached hydrogens (tertiary/aromatic N) is 1. The van der Waals surface area contributed by atoms with Crippen LogP contribution in [0, 0.1) is 13.8 Å². The van der Waals surface area contributed by atoms with Crippen LogP contribution >= 0.6 is 11.6 Å². The highest BCUT2D eigenvalue weighted by Gasteiger charge is 2.12. The van der Waals surface area contributed by atoms with Gasteiger partial charge in [-0.2, -0.15) is 0 Å². The van der Waals surface area contributed by atoms with E-state index in [1.807, 2.05) is 50.2 Å². The van der Waals surface area contributed by atoms with Crippen LogP contribution in [0.25, 0.3) is 10.9 Å². The summed E-state index contributed by atoms with van der Waals surface area (Å²) in [6.45, 7) is 3.88. The van der Waals surface area contributed by atoms with Crippen molar-refractivity contribution >= 4 is 34.1 Å². The Morgan fingerprint density at radius 3 is 2.68 bits per heavy atom. The lowest BCUT2D eigenvalue weighted by Crippen LogP contribution is -2.12. The third kappa shape index (κ3) is 2.81. The summed E-state index contributed by atoms with van der Waals surface area (Å²) < 4.78 is 0. The highest BCUT2D eigenvalue weighted by atomic mass is 35.5. The molecule has 0 bridgehead atoms. The number of pyridine rings is 1. The maximum absolute atomic E-state index is 12.4. The van der Waals surface area contributed by atoms with Crippen molar-refractivity contribution in [3.8, 4) is 0 Å². The zero-order valence-electron chi connectivity index (χ0n) is 12.4. The number of hydrogen-bond donors (Lipinski definition) is 1. The van der Waals surface area contributed by atoms with E-state index in [1.54, 1.807) is 12.1 Å². The highest BCUT2D eigenvalue weighted by molar-refractivity contribution is 6.34. The zero-order chi connectivity index (χ0) is 15.7. The van der Waals surface area contributed by atoms with Crippen LogP contribution in [0.2, 0.25) is 5.02 Å². The molecule has 4 heteroatoms. The minimum absolute atomic E-state index is 0.224. The number of aryl methyl sites for hydroxylation is 2. The predicted molar refractivity (Wildman–Crippen MR) is 90.6 cm³/mol. The van der Waals surface area contributed by atoms with Crippen LogP contribution in [-0.2, 0) is 0 Å². The predicted octanol–water partition coefficient (Wildman–Crippen LogP) is 4.76. The van der Waals surface area contributed by atoms with Gasteiger partial charge in [-0.15, -0.1) is 0 Å². The number of benzene rings is 2. The van der Waals surface area contributed by atoms with E-state index in [1.165, 1.54) is 0 Å². The number of carbonyl (C=O) groups is 1. The van der Waals surface area contributed by atoms with Crippen molar-refractivity contribution in [2.45, 2.75) is 13.8 Å². The minimum atomic E-state index is -0.224.